The molecule has 1 aliphatic rings. The molecular weight excluding hydrogens is 260 g/mol. The number of amidine groups is 1. The first-order valence-corrected chi connectivity index (χ1v) is 7.16. The van der Waals surface area contributed by atoms with Crippen molar-refractivity contribution in [2.75, 3.05) is 0 Å². The van der Waals surface area contributed by atoms with Crippen LogP contribution in [0.4, 0.5) is 8.78 Å². The van der Waals surface area contributed by atoms with Crippen LogP contribution < -0.4 is 11.3 Å². The highest BCUT2D eigenvalue weighted by molar-refractivity contribution is 5.84. The van der Waals surface area contributed by atoms with Crippen LogP contribution in [-0.2, 0) is 6.42 Å². The van der Waals surface area contributed by atoms with Crippen molar-refractivity contribution in [3.8, 4) is 0 Å². The summed E-state index contributed by atoms with van der Waals surface area (Å²) in [6.07, 6.45) is 7.45. The molecule has 3 N–H and O–H groups in total. The Morgan fingerprint density at radius 2 is 1.85 bits per heavy atom. The van der Waals surface area contributed by atoms with Crippen molar-refractivity contribution in [3.63, 3.8) is 0 Å². The lowest BCUT2D eigenvalue weighted by molar-refractivity contribution is 0.507. The van der Waals surface area contributed by atoms with Gasteiger partial charge in [0.2, 0.25) is 0 Å². The van der Waals surface area contributed by atoms with Gasteiger partial charge in [-0.15, -0.1) is 0 Å². The Kier molecular flexibility index (Phi) is 5.47. The summed E-state index contributed by atoms with van der Waals surface area (Å²) >= 11 is 0. The van der Waals surface area contributed by atoms with Gasteiger partial charge in [-0.05, 0) is 30.5 Å². The Hall–Kier alpha value is -1.49. The van der Waals surface area contributed by atoms with Gasteiger partial charge in [-0.1, -0.05) is 31.7 Å². The first-order valence-electron chi connectivity index (χ1n) is 7.16. The second kappa shape index (κ2) is 7.33. The van der Waals surface area contributed by atoms with Crippen molar-refractivity contribution >= 4 is 5.84 Å². The van der Waals surface area contributed by atoms with E-state index in [1.807, 2.05) is 0 Å². The van der Waals surface area contributed by atoms with Crippen molar-refractivity contribution in [1.82, 2.24) is 5.43 Å². The summed E-state index contributed by atoms with van der Waals surface area (Å²) in [5.41, 5.74) is 3.25. The maximum Gasteiger partial charge on any atom is 0.159 e. The van der Waals surface area contributed by atoms with Crippen LogP contribution in [0.25, 0.3) is 0 Å². The molecule has 5 heteroatoms. The highest BCUT2D eigenvalue weighted by Crippen LogP contribution is 2.20. The summed E-state index contributed by atoms with van der Waals surface area (Å²) in [7, 11) is 0. The predicted octanol–water partition coefficient (Wildman–Crippen LogP) is 3.09. The van der Waals surface area contributed by atoms with Crippen molar-refractivity contribution in [3.05, 3.63) is 35.4 Å². The molecule has 0 radical (unpaired) electrons. The summed E-state index contributed by atoms with van der Waals surface area (Å²) in [6.45, 7) is 0. The summed E-state index contributed by atoms with van der Waals surface area (Å²) < 4.78 is 26.1. The van der Waals surface area contributed by atoms with Crippen molar-refractivity contribution in [1.29, 1.82) is 0 Å². The molecule has 1 aromatic carbocycles. The van der Waals surface area contributed by atoms with Gasteiger partial charge >= 0.3 is 0 Å². The lowest BCUT2D eigenvalue weighted by Crippen LogP contribution is -2.33. The molecular formula is C15H21F2N3. The fourth-order valence-electron chi connectivity index (χ4n) is 2.58. The Balaban J connectivity index is 2.05. The fraction of sp³-hybridized carbons (Fsp3) is 0.533. The summed E-state index contributed by atoms with van der Waals surface area (Å²) in [5.74, 6) is 4.45. The molecule has 3 nitrogen and oxygen atoms in total. The number of rotatable bonds is 3. The molecule has 1 aliphatic carbocycles. The van der Waals surface area contributed by atoms with Gasteiger partial charge < -0.3 is 5.43 Å². The number of hydrogen-bond acceptors (Lipinski definition) is 2. The highest BCUT2D eigenvalue weighted by Gasteiger charge is 2.12. The summed E-state index contributed by atoms with van der Waals surface area (Å²) in [5, 5.41) is 0. The smallest absolute Gasteiger partial charge is 0.159 e. The molecule has 0 unspecified atom stereocenters. The van der Waals surface area contributed by atoms with E-state index < -0.39 is 11.6 Å². The Morgan fingerprint density at radius 1 is 1.15 bits per heavy atom. The standard InChI is InChI=1S/C15H21F2N3/c16-13-8-7-11(9-14(13)17)10-15(20-18)19-12-5-3-1-2-4-6-12/h7-9,12H,1-6,10,18H2,(H,19,20). The van der Waals surface area contributed by atoms with E-state index in [2.05, 4.69) is 10.4 Å². The van der Waals surface area contributed by atoms with E-state index in [9.17, 15) is 8.78 Å². The van der Waals surface area contributed by atoms with Gasteiger partial charge in [-0.3, -0.25) is 4.99 Å². The van der Waals surface area contributed by atoms with Crippen molar-refractivity contribution in [2.24, 2.45) is 10.8 Å². The molecule has 1 saturated carbocycles. The van der Waals surface area contributed by atoms with Crippen LogP contribution in [0.1, 0.15) is 44.1 Å². The minimum Gasteiger partial charge on any atom is -0.312 e. The van der Waals surface area contributed by atoms with Crippen LogP contribution >= 0.6 is 0 Å². The van der Waals surface area contributed by atoms with Gasteiger partial charge in [0.1, 0.15) is 5.84 Å². The lowest BCUT2D eigenvalue weighted by Gasteiger charge is -2.13. The molecule has 0 aliphatic heterocycles. The van der Waals surface area contributed by atoms with Gasteiger partial charge in [0.15, 0.2) is 11.6 Å². The van der Waals surface area contributed by atoms with E-state index in [1.165, 1.54) is 31.7 Å². The maximum atomic E-state index is 13.2. The SMILES string of the molecule is NNC(Cc1ccc(F)c(F)c1)=NC1CCCCCC1. The number of halogens is 2. The average Bonchev–Trinajstić information content (AvgIpc) is 2.71. The molecule has 20 heavy (non-hydrogen) atoms. The van der Waals surface area contributed by atoms with Crippen LogP contribution in [0, 0.1) is 11.6 Å². The number of benzene rings is 1. The zero-order valence-corrected chi connectivity index (χ0v) is 11.5. The number of nitrogens with two attached hydrogens (primary N) is 1. The average molecular weight is 281 g/mol. The predicted molar refractivity (Wildman–Crippen MR) is 76.3 cm³/mol. The van der Waals surface area contributed by atoms with E-state index in [4.69, 9.17) is 5.84 Å². The molecule has 1 fully saturated rings. The molecule has 110 valence electrons. The van der Waals surface area contributed by atoms with Gasteiger partial charge in [0.25, 0.3) is 0 Å². The third-order valence-corrected chi connectivity index (χ3v) is 3.69. The van der Waals surface area contributed by atoms with Crippen molar-refractivity contribution < 1.29 is 8.78 Å². The molecule has 1 aromatic rings. The van der Waals surface area contributed by atoms with E-state index in [-0.39, 0.29) is 6.04 Å². The minimum absolute atomic E-state index is 0.286. The topological polar surface area (TPSA) is 50.4 Å². The zero-order chi connectivity index (χ0) is 14.4. The monoisotopic (exact) mass is 281 g/mol. The molecule has 0 amide bonds. The number of hydrazine groups is 1. The van der Waals surface area contributed by atoms with Gasteiger partial charge in [-0.2, -0.15) is 0 Å². The first kappa shape index (κ1) is 14.9. The summed E-state index contributed by atoms with van der Waals surface area (Å²) in [4.78, 5) is 4.63. The highest BCUT2D eigenvalue weighted by atomic mass is 19.2. The van der Waals surface area contributed by atoms with Crippen LogP contribution in [0.3, 0.4) is 0 Å². The van der Waals surface area contributed by atoms with E-state index in [1.54, 1.807) is 6.07 Å². The molecule has 0 aromatic heterocycles. The molecule has 0 atom stereocenters. The number of nitrogens with zero attached hydrogens (tertiary/aromatic N) is 1. The normalized spacial score (nSPS) is 17.9. The second-order valence-electron chi connectivity index (χ2n) is 5.29. The molecule has 2 rings (SSSR count). The molecule has 0 heterocycles. The molecule has 0 saturated heterocycles. The Morgan fingerprint density at radius 3 is 2.45 bits per heavy atom. The second-order valence-corrected chi connectivity index (χ2v) is 5.29. The van der Waals surface area contributed by atoms with E-state index in [0.717, 1.165) is 18.9 Å². The maximum absolute atomic E-state index is 13.2. The fourth-order valence-corrected chi connectivity index (χ4v) is 2.58. The summed E-state index contributed by atoms with van der Waals surface area (Å²) in [6, 6.07) is 4.16. The number of hydrogen-bond donors (Lipinski definition) is 2. The Bertz CT molecular complexity index is 466. The third kappa shape index (κ3) is 4.27. The number of nitrogens with one attached hydrogen (secondary N) is 1. The quantitative estimate of drug-likeness (QED) is 0.294. The van der Waals surface area contributed by atoms with Crippen LogP contribution in [0.5, 0.6) is 0 Å². The minimum atomic E-state index is -0.840. The van der Waals surface area contributed by atoms with Gasteiger partial charge in [-0.25, -0.2) is 14.6 Å². The largest absolute Gasteiger partial charge is 0.312 e. The molecule has 0 bridgehead atoms. The van der Waals surface area contributed by atoms with Crippen LogP contribution in [0.2, 0.25) is 0 Å². The molecule has 0 spiro atoms. The Labute approximate surface area is 118 Å². The zero-order valence-electron chi connectivity index (χ0n) is 11.5. The first-order chi connectivity index (χ1) is 9.69. The van der Waals surface area contributed by atoms with Gasteiger partial charge in [0, 0.05) is 6.42 Å². The van der Waals surface area contributed by atoms with E-state index >= 15 is 0 Å². The lowest BCUT2D eigenvalue weighted by atomic mass is 10.1. The van der Waals surface area contributed by atoms with Crippen LogP contribution in [-0.4, -0.2) is 11.9 Å². The van der Waals surface area contributed by atoms with Gasteiger partial charge in [0.05, 0.1) is 6.04 Å². The third-order valence-electron chi connectivity index (χ3n) is 3.69. The van der Waals surface area contributed by atoms with E-state index in [0.29, 0.717) is 17.8 Å². The van der Waals surface area contributed by atoms with Crippen LogP contribution in [0.15, 0.2) is 23.2 Å². The van der Waals surface area contributed by atoms with Crippen molar-refractivity contribution in [2.45, 2.75) is 51.0 Å². The number of aliphatic imine (C=N–C) groups is 1.